The fourth-order valence-electron chi connectivity index (χ4n) is 2.35. The summed E-state index contributed by atoms with van der Waals surface area (Å²) in [5, 5.41) is 14.7. The molecule has 1 aliphatic carbocycles. The summed E-state index contributed by atoms with van der Waals surface area (Å²) in [6.45, 7) is 0. The molecule has 106 valence electrons. The third kappa shape index (κ3) is 2.13. The summed E-state index contributed by atoms with van der Waals surface area (Å²) in [5.74, 6) is 2.68. The topological polar surface area (TPSA) is 77.2 Å². The number of benzene rings is 1. The lowest BCUT2D eigenvalue weighted by Crippen LogP contribution is -2.23. The van der Waals surface area contributed by atoms with Gasteiger partial charge < -0.3 is 9.88 Å². The van der Waals surface area contributed by atoms with Crippen molar-refractivity contribution in [3.8, 4) is 12.3 Å². The van der Waals surface area contributed by atoms with E-state index in [0.29, 0.717) is 16.6 Å². The van der Waals surface area contributed by atoms with E-state index in [1.165, 1.54) is 22.8 Å². The second kappa shape index (κ2) is 4.35. The van der Waals surface area contributed by atoms with Crippen LogP contribution in [0.1, 0.15) is 12.8 Å². The maximum absolute atomic E-state index is 12.0. The van der Waals surface area contributed by atoms with Crippen LogP contribution in [-0.2, 0) is 7.05 Å². The van der Waals surface area contributed by atoms with Crippen molar-refractivity contribution in [2.75, 3.05) is 5.32 Å². The standard InChI is InChI=1S/C15H13N3O3/c1-3-15(6-7-15)16-12-9-14(19)17(2)13-5-4-10(18(20)21)8-11(12)13/h1,4-5,8-9,16H,6-7H2,2H3. The quantitative estimate of drug-likeness (QED) is 0.531. The molecule has 1 N–H and O–H groups in total. The lowest BCUT2D eigenvalue weighted by atomic mass is 10.1. The SMILES string of the molecule is C#CC1(Nc2cc(=O)n(C)c3ccc([N+](=O)[O-])cc23)CC1. The second-order valence-electron chi connectivity index (χ2n) is 5.27. The predicted molar refractivity (Wildman–Crippen MR) is 80.3 cm³/mol. The van der Waals surface area contributed by atoms with Gasteiger partial charge in [-0.15, -0.1) is 6.42 Å². The zero-order valence-corrected chi connectivity index (χ0v) is 11.4. The van der Waals surface area contributed by atoms with Crippen LogP contribution in [0.4, 0.5) is 11.4 Å². The smallest absolute Gasteiger partial charge is 0.270 e. The van der Waals surface area contributed by atoms with E-state index in [-0.39, 0.29) is 11.2 Å². The van der Waals surface area contributed by atoms with Crippen LogP contribution in [-0.4, -0.2) is 15.0 Å². The molecule has 1 aromatic heterocycles. The number of hydrogen-bond acceptors (Lipinski definition) is 4. The molecule has 0 spiro atoms. The Labute approximate surface area is 120 Å². The number of nitrogens with zero attached hydrogens (tertiary/aromatic N) is 2. The molecule has 0 bridgehead atoms. The molecule has 1 heterocycles. The molecule has 1 saturated carbocycles. The van der Waals surface area contributed by atoms with Gasteiger partial charge in [0.2, 0.25) is 0 Å². The third-order valence-corrected chi connectivity index (χ3v) is 3.84. The Morgan fingerprint density at radius 2 is 2.14 bits per heavy atom. The summed E-state index contributed by atoms with van der Waals surface area (Å²) in [6.07, 6.45) is 7.16. The van der Waals surface area contributed by atoms with E-state index in [2.05, 4.69) is 11.2 Å². The molecule has 6 heteroatoms. The monoisotopic (exact) mass is 283 g/mol. The Bertz CT molecular complexity index is 857. The molecule has 0 aliphatic heterocycles. The van der Waals surface area contributed by atoms with E-state index in [1.54, 1.807) is 13.1 Å². The number of nitro benzene ring substituents is 1. The predicted octanol–water partition coefficient (Wildman–Crippen LogP) is 2.02. The highest BCUT2D eigenvalue weighted by atomic mass is 16.6. The van der Waals surface area contributed by atoms with E-state index < -0.39 is 10.5 Å². The van der Waals surface area contributed by atoms with Crippen molar-refractivity contribution in [3.05, 3.63) is 44.7 Å². The van der Waals surface area contributed by atoms with Crippen LogP contribution in [0, 0.1) is 22.5 Å². The minimum atomic E-state index is -0.456. The third-order valence-electron chi connectivity index (χ3n) is 3.84. The fraction of sp³-hybridized carbons (Fsp3) is 0.267. The lowest BCUT2D eigenvalue weighted by Gasteiger charge is -2.16. The number of aryl methyl sites for hydroxylation is 1. The van der Waals surface area contributed by atoms with Gasteiger partial charge in [-0.25, -0.2) is 0 Å². The van der Waals surface area contributed by atoms with Gasteiger partial charge in [0.1, 0.15) is 0 Å². The number of nitro groups is 1. The number of aromatic nitrogens is 1. The van der Waals surface area contributed by atoms with Crippen molar-refractivity contribution in [3.63, 3.8) is 0 Å². The van der Waals surface area contributed by atoms with Crippen molar-refractivity contribution < 1.29 is 4.92 Å². The first-order chi connectivity index (χ1) is 9.96. The molecule has 0 unspecified atom stereocenters. The Morgan fingerprint density at radius 3 is 2.71 bits per heavy atom. The number of hydrogen-bond donors (Lipinski definition) is 1. The van der Waals surface area contributed by atoms with Gasteiger partial charge in [0.25, 0.3) is 11.2 Å². The molecular weight excluding hydrogens is 270 g/mol. The Kier molecular flexibility index (Phi) is 2.73. The van der Waals surface area contributed by atoms with Crippen LogP contribution >= 0.6 is 0 Å². The van der Waals surface area contributed by atoms with Gasteiger partial charge in [-0.05, 0) is 18.9 Å². The molecule has 1 fully saturated rings. The first-order valence-corrected chi connectivity index (χ1v) is 6.50. The van der Waals surface area contributed by atoms with Crippen molar-refractivity contribution in [1.82, 2.24) is 4.57 Å². The number of anilines is 1. The van der Waals surface area contributed by atoms with Gasteiger partial charge in [-0.3, -0.25) is 14.9 Å². The molecule has 0 saturated heterocycles. The second-order valence-corrected chi connectivity index (χ2v) is 5.27. The molecule has 3 rings (SSSR count). The highest BCUT2D eigenvalue weighted by Gasteiger charge is 2.41. The number of rotatable bonds is 3. The van der Waals surface area contributed by atoms with E-state index in [4.69, 9.17) is 6.42 Å². The van der Waals surface area contributed by atoms with Crippen LogP contribution in [0.5, 0.6) is 0 Å². The Morgan fingerprint density at radius 1 is 1.43 bits per heavy atom. The van der Waals surface area contributed by atoms with Crippen molar-refractivity contribution in [2.24, 2.45) is 7.05 Å². The molecule has 1 aromatic carbocycles. The molecule has 0 amide bonds. The fourth-order valence-corrected chi connectivity index (χ4v) is 2.35. The summed E-state index contributed by atoms with van der Waals surface area (Å²) in [6, 6.07) is 5.86. The van der Waals surface area contributed by atoms with Crippen LogP contribution in [0.2, 0.25) is 0 Å². The average molecular weight is 283 g/mol. The Hall–Kier alpha value is -2.81. The normalized spacial score (nSPS) is 15.4. The van der Waals surface area contributed by atoms with Crippen LogP contribution in [0.25, 0.3) is 10.9 Å². The largest absolute Gasteiger partial charge is 0.368 e. The van der Waals surface area contributed by atoms with Gasteiger partial charge in [-0.2, -0.15) is 0 Å². The zero-order valence-electron chi connectivity index (χ0n) is 11.4. The van der Waals surface area contributed by atoms with Gasteiger partial charge in [0.15, 0.2) is 0 Å². The number of pyridine rings is 1. The minimum absolute atomic E-state index is 0.0187. The van der Waals surface area contributed by atoms with Gasteiger partial charge in [0, 0.05) is 30.6 Å². The molecule has 0 atom stereocenters. The maximum atomic E-state index is 12.0. The molecule has 1 aliphatic rings. The van der Waals surface area contributed by atoms with Crippen LogP contribution in [0.15, 0.2) is 29.1 Å². The highest BCUT2D eigenvalue weighted by molar-refractivity contribution is 5.93. The lowest BCUT2D eigenvalue weighted by molar-refractivity contribution is -0.384. The van der Waals surface area contributed by atoms with E-state index in [0.717, 1.165) is 12.8 Å². The maximum Gasteiger partial charge on any atom is 0.270 e. The molecule has 0 radical (unpaired) electrons. The van der Waals surface area contributed by atoms with E-state index in [9.17, 15) is 14.9 Å². The number of fused-ring (bicyclic) bond motifs is 1. The van der Waals surface area contributed by atoms with Gasteiger partial charge in [0.05, 0.1) is 21.7 Å². The first kappa shape index (κ1) is 13.2. The minimum Gasteiger partial charge on any atom is -0.368 e. The zero-order chi connectivity index (χ0) is 15.2. The Balaban J connectivity index is 2.24. The van der Waals surface area contributed by atoms with Crippen molar-refractivity contribution in [2.45, 2.75) is 18.4 Å². The summed E-state index contributed by atoms with van der Waals surface area (Å²) >= 11 is 0. The highest BCUT2D eigenvalue weighted by Crippen LogP contribution is 2.39. The van der Waals surface area contributed by atoms with E-state index in [1.807, 2.05) is 0 Å². The number of terminal acetylenes is 1. The van der Waals surface area contributed by atoms with Crippen LogP contribution < -0.4 is 10.9 Å². The summed E-state index contributed by atoms with van der Waals surface area (Å²) in [7, 11) is 1.63. The molecule has 21 heavy (non-hydrogen) atoms. The summed E-state index contributed by atoms with van der Waals surface area (Å²) < 4.78 is 1.46. The van der Waals surface area contributed by atoms with Gasteiger partial charge >= 0.3 is 0 Å². The molecular formula is C15H13N3O3. The van der Waals surface area contributed by atoms with Crippen molar-refractivity contribution >= 4 is 22.3 Å². The number of non-ortho nitro benzene ring substituents is 1. The molecule has 6 nitrogen and oxygen atoms in total. The van der Waals surface area contributed by atoms with Crippen LogP contribution in [0.3, 0.4) is 0 Å². The molecule has 2 aromatic rings. The number of nitrogens with one attached hydrogen (secondary N) is 1. The summed E-state index contributed by atoms with van der Waals surface area (Å²) in [5.41, 5.74) is 0.543. The average Bonchev–Trinajstić information content (AvgIpc) is 3.24. The first-order valence-electron chi connectivity index (χ1n) is 6.50. The summed E-state index contributed by atoms with van der Waals surface area (Å²) in [4.78, 5) is 22.5. The van der Waals surface area contributed by atoms with Crippen molar-refractivity contribution in [1.29, 1.82) is 0 Å². The van der Waals surface area contributed by atoms with E-state index >= 15 is 0 Å². The van der Waals surface area contributed by atoms with Gasteiger partial charge in [-0.1, -0.05) is 5.92 Å².